The zero-order valence-electron chi connectivity index (χ0n) is 15.2. The van der Waals surface area contributed by atoms with Gasteiger partial charge in [0.1, 0.15) is 21.6 Å². The van der Waals surface area contributed by atoms with Crippen LogP contribution in [-0.4, -0.2) is 18.1 Å². The van der Waals surface area contributed by atoms with Crippen molar-refractivity contribution in [1.82, 2.24) is 0 Å². The molecule has 0 aliphatic heterocycles. The van der Waals surface area contributed by atoms with E-state index in [1.165, 1.54) is 35.9 Å². The van der Waals surface area contributed by atoms with Crippen molar-refractivity contribution in [3.63, 3.8) is 0 Å². The summed E-state index contributed by atoms with van der Waals surface area (Å²) in [6.07, 6.45) is 0. The van der Waals surface area contributed by atoms with Crippen LogP contribution in [0.3, 0.4) is 0 Å². The van der Waals surface area contributed by atoms with Gasteiger partial charge >= 0.3 is 29.6 Å². The average molecular weight is 392 g/mol. The Balaban J connectivity index is 0.00000261. The first-order valence-electron chi connectivity index (χ1n) is 7.99. The number of hydrogen-bond donors (Lipinski definition) is 1. The molecule has 0 bridgehead atoms. The van der Waals surface area contributed by atoms with Crippen LogP contribution in [-0.2, 0) is 10.1 Å². The minimum atomic E-state index is -4.55. The van der Waals surface area contributed by atoms with Crippen LogP contribution in [0.4, 0.5) is 11.4 Å². The van der Waals surface area contributed by atoms with Gasteiger partial charge in [0.25, 0.3) is 0 Å². The quantitative estimate of drug-likeness (QED) is 0.417. The number of rotatable bonds is 4. The maximum absolute atomic E-state index is 11.2. The molecule has 0 aliphatic rings. The molecule has 3 rings (SSSR count). The molecule has 0 unspecified atom stereocenters. The van der Waals surface area contributed by atoms with Gasteiger partial charge in [0, 0.05) is 5.39 Å². The van der Waals surface area contributed by atoms with Crippen LogP contribution in [0.5, 0.6) is 5.75 Å². The Morgan fingerprint density at radius 3 is 2.22 bits per heavy atom. The van der Waals surface area contributed by atoms with Crippen LogP contribution in [0.25, 0.3) is 10.8 Å². The van der Waals surface area contributed by atoms with Crippen molar-refractivity contribution in [2.45, 2.75) is 24.7 Å². The summed E-state index contributed by atoms with van der Waals surface area (Å²) in [7, 11) is -4.55. The maximum Gasteiger partial charge on any atom is 1.00 e. The largest absolute Gasteiger partial charge is 1.00 e. The molecular weight excluding hydrogens is 375 g/mol. The summed E-state index contributed by atoms with van der Waals surface area (Å²) in [5, 5.41) is 19.3. The van der Waals surface area contributed by atoms with Crippen molar-refractivity contribution in [2.75, 3.05) is 0 Å². The van der Waals surface area contributed by atoms with Gasteiger partial charge in [0.2, 0.25) is 0 Å². The topological polar surface area (TPSA) is 102 Å². The van der Waals surface area contributed by atoms with E-state index in [1.54, 1.807) is 0 Å². The second kappa shape index (κ2) is 8.50. The Kier molecular flexibility index (Phi) is 6.77. The van der Waals surface area contributed by atoms with Gasteiger partial charge < -0.3 is 9.66 Å². The van der Waals surface area contributed by atoms with Crippen LogP contribution in [0.1, 0.15) is 25.3 Å². The fourth-order valence-electron chi connectivity index (χ4n) is 2.57. The van der Waals surface area contributed by atoms with Crippen molar-refractivity contribution in [3.8, 4) is 5.75 Å². The third kappa shape index (κ3) is 4.94. The van der Waals surface area contributed by atoms with E-state index in [0.717, 1.165) is 0 Å². The smallest absolute Gasteiger partial charge is 0.744 e. The number of aromatic hydroxyl groups is 1. The van der Waals surface area contributed by atoms with Crippen LogP contribution < -0.4 is 29.6 Å². The van der Waals surface area contributed by atoms with Crippen molar-refractivity contribution in [2.24, 2.45) is 10.2 Å². The monoisotopic (exact) mass is 392 g/mol. The van der Waals surface area contributed by atoms with E-state index in [2.05, 4.69) is 24.1 Å². The summed E-state index contributed by atoms with van der Waals surface area (Å²) in [6.45, 7) is 4.20. The molecule has 27 heavy (non-hydrogen) atoms. The van der Waals surface area contributed by atoms with Crippen LogP contribution >= 0.6 is 0 Å². The number of nitrogens with zero attached hydrogens (tertiary/aromatic N) is 2. The first-order chi connectivity index (χ1) is 12.3. The molecule has 1 N–H and O–H groups in total. The molecule has 0 fully saturated rings. The van der Waals surface area contributed by atoms with E-state index in [4.69, 9.17) is 0 Å². The minimum Gasteiger partial charge on any atom is -0.744 e. The second-order valence-electron chi connectivity index (χ2n) is 6.22. The SMILES string of the molecule is CC(C)c1ccc(/N=N/c2c(O)ccc3cc(S(=O)(=O)[O-])ccc23)cc1.[Na+]. The van der Waals surface area contributed by atoms with Crippen LogP contribution in [0, 0.1) is 0 Å². The summed E-state index contributed by atoms with van der Waals surface area (Å²) >= 11 is 0. The van der Waals surface area contributed by atoms with Crippen molar-refractivity contribution in [1.29, 1.82) is 0 Å². The summed E-state index contributed by atoms with van der Waals surface area (Å²) in [5.41, 5.74) is 2.03. The third-order valence-electron chi connectivity index (χ3n) is 4.06. The fourth-order valence-corrected chi connectivity index (χ4v) is 3.08. The van der Waals surface area contributed by atoms with E-state index in [9.17, 15) is 18.1 Å². The zero-order valence-corrected chi connectivity index (χ0v) is 18.1. The standard InChI is InChI=1S/C19H18N2O4S.Na/c1-12(2)13-3-6-15(7-4-13)20-21-19-17-9-8-16(26(23,24)25)11-14(17)5-10-18(19)22;/h3-12,22H,1-2H3,(H,23,24,25);/q;+1/p-1/b21-20+;. The molecule has 6 nitrogen and oxygen atoms in total. The van der Waals surface area contributed by atoms with Gasteiger partial charge in [-0.05, 0) is 47.2 Å². The molecule has 134 valence electrons. The fraction of sp³-hybridized carbons (Fsp3) is 0.158. The maximum atomic E-state index is 11.2. The summed E-state index contributed by atoms with van der Waals surface area (Å²) in [6, 6.07) is 14.4. The van der Waals surface area contributed by atoms with Gasteiger partial charge in [0.15, 0.2) is 0 Å². The third-order valence-corrected chi connectivity index (χ3v) is 4.89. The Morgan fingerprint density at radius 1 is 0.963 bits per heavy atom. The molecule has 0 aliphatic carbocycles. The Morgan fingerprint density at radius 2 is 1.63 bits per heavy atom. The number of phenolic OH excluding ortho intramolecular Hbond substituents is 1. The molecule has 0 spiro atoms. The predicted molar refractivity (Wildman–Crippen MR) is 98.3 cm³/mol. The molecule has 0 saturated heterocycles. The van der Waals surface area contributed by atoms with E-state index in [1.807, 2.05) is 24.3 Å². The van der Waals surface area contributed by atoms with Gasteiger partial charge in [0.05, 0.1) is 10.6 Å². The number of fused-ring (bicyclic) bond motifs is 1. The van der Waals surface area contributed by atoms with Gasteiger partial charge in [-0.15, -0.1) is 5.11 Å². The molecule has 3 aromatic carbocycles. The van der Waals surface area contributed by atoms with E-state index in [-0.39, 0.29) is 45.9 Å². The Hall–Kier alpha value is -1.77. The molecule has 3 aromatic rings. The van der Waals surface area contributed by atoms with Gasteiger partial charge in [-0.1, -0.05) is 38.1 Å². The Labute approximate surface area is 180 Å². The number of azo groups is 1. The van der Waals surface area contributed by atoms with Gasteiger partial charge in [-0.25, -0.2) is 8.42 Å². The Bertz CT molecular complexity index is 1090. The minimum absolute atomic E-state index is 0. The molecule has 0 atom stereocenters. The molecule has 0 saturated carbocycles. The summed E-state index contributed by atoms with van der Waals surface area (Å²) in [4.78, 5) is -0.331. The first kappa shape index (κ1) is 21.5. The molecule has 0 heterocycles. The van der Waals surface area contributed by atoms with Gasteiger partial charge in [-0.2, -0.15) is 5.11 Å². The normalized spacial score (nSPS) is 11.9. The van der Waals surface area contributed by atoms with Crippen molar-refractivity contribution >= 4 is 32.3 Å². The number of hydrogen-bond acceptors (Lipinski definition) is 6. The van der Waals surface area contributed by atoms with Crippen LogP contribution in [0.2, 0.25) is 0 Å². The zero-order chi connectivity index (χ0) is 18.9. The molecule has 0 amide bonds. The molecular formula is C19H17N2NaO4S. The summed E-state index contributed by atoms with van der Waals surface area (Å²) in [5.74, 6) is 0.326. The average Bonchev–Trinajstić information content (AvgIpc) is 2.60. The number of benzene rings is 3. The van der Waals surface area contributed by atoms with E-state index in [0.29, 0.717) is 22.4 Å². The van der Waals surface area contributed by atoms with Gasteiger partial charge in [-0.3, -0.25) is 0 Å². The van der Waals surface area contributed by atoms with Crippen molar-refractivity contribution in [3.05, 3.63) is 60.2 Å². The predicted octanol–water partition coefficient (Wildman–Crippen LogP) is 1.99. The van der Waals surface area contributed by atoms with Crippen LogP contribution in [0.15, 0.2) is 69.7 Å². The molecule has 0 radical (unpaired) electrons. The van der Waals surface area contributed by atoms with E-state index >= 15 is 0 Å². The van der Waals surface area contributed by atoms with Crippen molar-refractivity contribution < 1.29 is 47.6 Å². The number of phenols is 1. The first-order valence-corrected chi connectivity index (χ1v) is 9.40. The summed E-state index contributed by atoms with van der Waals surface area (Å²) < 4.78 is 33.5. The molecule has 0 aromatic heterocycles. The molecule has 8 heteroatoms. The second-order valence-corrected chi connectivity index (χ2v) is 7.60. The van der Waals surface area contributed by atoms with E-state index < -0.39 is 10.1 Å².